The molecule has 5 nitrogen and oxygen atoms in total. The number of benzene rings is 2. The van der Waals surface area contributed by atoms with Gasteiger partial charge in [0.15, 0.2) is 6.61 Å². The lowest BCUT2D eigenvalue weighted by Gasteiger charge is -2.18. The topological polar surface area (TPSA) is 64.1 Å². The third-order valence-electron chi connectivity index (χ3n) is 4.97. The van der Waals surface area contributed by atoms with Crippen LogP contribution >= 0.6 is 11.3 Å². The predicted octanol–water partition coefficient (Wildman–Crippen LogP) is 5.27. The zero-order valence-electron chi connectivity index (χ0n) is 15.6. The molecule has 0 saturated heterocycles. The fraction of sp³-hybridized carbons (Fsp3) is 0.318. The summed E-state index contributed by atoms with van der Waals surface area (Å²) in [5.41, 5.74) is 2.02. The van der Waals surface area contributed by atoms with E-state index >= 15 is 0 Å². The van der Waals surface area contributed by atoms with Crippen molar-refractivity contribution in [3.05, 3.63) is 59.6 Å². The number of anilines is 1. The molecule has 0 aliphatic heterocycles. The van der Waals surface area contributed by atoms with Gasteiger partial charge in [-0.05, 0) is 24.5 Å². The first kappa shape index (κ1) is 18.6. The van der Waals surface area contributed by atoms with Crippen LogP contribution in [0.25, 0.3) is 11.1 Å². The van der Waals surface area contributed by atoms with E-state index in [2.05, 4.69) is 15.5 Å². The second kappa shape index (κ2) is 8.97. The molecule has 1 amide bonds. The molecule has 1 aliphatic rings. The minimum Gasteiger partial charge on any atom is -0.483 e. The monoisotopic (exact) mass is 393 g/mol. The number of ether oxygens (including phenoxy) is 1. The largest absolute Gasteiger partial charge is 0.483 e. The van der Waals surface area contributed by atoms with Crippen LogP contribution in [0.4, 0.5) is 5.13 Å². The van der Waals surface area contributed by atoms with Gasteiger partial charge in [-0.1, -0.05) is 79.1 Å². The Kier molecular flexibility index (Phi) is 5.97. The third kappa shape index (κ3) is 4.57. The summed E-state index contributed by atoms with van der Waals surface area (Å²) in [6.07, 6.45) is 6.14. The van der Waals surface area contributed by atoms with Crippen LogP contribution in [-0.2, 0) is 4.79 Å². The smallest absolute Gasteiger partial charge is 0.264 e. The summed E-state index contributed by atoms with van der Waals surface area (Å²) >= 11 is 1.48. The summed E-state index contributed by atoms with van der Waals surface area (Å²) in [5, 5.41) is 12.8. The van der Waals surface area contributed by atoms with Gasteiger partial charge in [-0.2, -0.15) is 0 Å². The van der Waals surface area contributed by atoms with Crippen LogP contribution in [0.1, 0.15) is 43.0 Å². The molecule has 1 N–H and O–H groups in total. The summed E-state index contributed by atoms with van der Waals surface area (Å²) in [5.74, 6) is 0.948. The number of carbonyl (C=O) groups is 1. The molecule has 0 bridgehead atoms. The van der Waals surface area contributed by atoms with E-state index in [9.17, 15) is 4.79 Å². The van der Waals surface area contributed by atoms with Crippen molar-refractivity contribution in [2.45, 2.75) is 38.0 Å². The maximum Gasteiger partial charge on any atom is 0.264 e. The highest BCUT2D eigenvalue weighted by Gasteiger charge is 2.20. The van der Waals surface area contributed by atoms with E-state index < -0.39 is 0 Å². The van der Waals surface area contributed by atoms with Gasteiger partial charge in [0.25, 0.3) is 5.91 Å². The van der Waals surface area contributed by atoms with Gasteiger partial charge in [0.1, 0.15) is 10.8 Å². The van der Waals surface area contributed by atoms with E-state index in [4.69, 9.17) is 4.74 Å². The summed E-state index contributed by atoms with van der Waals surface area (Å²) in [7, 11) is 0. The molecule has 4 rings (SSSR count). The van der Waals surface area contributed by atoms with Gasteiger partial charge in [0.05, 0.1) is 0 Å². The van der Waals surface area contributed by atoms with Gasteiger partial charge in [-0.3, -0.25) is 10.1 Å². The van der Waals surface area contributed by atoms with Crippen molar-refractivity contribution >= 4 is 22.4 Å². The van der Waals surface area contributed by atoms with Gasteiger partial charge < -0.3 is 4.74 Å². The Labute approximate surface area is 168 Å². The Hall–Kier alpha value is -2.73. The predicted molar refractivity (Wildman–Crippen MR) is 112 cm³/mol. The molecule has 0 spiro atoms. The molecule has 2 aromatic carbocycles. The van der Waals surface area contributed by atoms with Gasteiger partial charge in [-0.15, -0.1) is 10.2 Å². The number of nitrogens with one attached hydrogen (secondary N) is 1. The van der Waals surface area contributed by atoms with E-state index in [1.54, 1.807) is 0 Å². The molecule has 144 valence electrons. The Morgan fingerprint density at radius 3 is 2.57 bits per heavy atom. The molecule has 1 aromatic heterocycles. The molecule has 6 heteroatoms. The van der Waals surface area contributed by atoms with Crippen molar-refractivity contribution in [1.82, 2.24) is 10.2 Å². The minimum atomic E-state index is -0.228. The highest BCUT2D eigenvalue weighted by Crippen LogP contribution is 2.35. The lowest BCUT2D eigenvalue weighted by Crippen LogP contribution is -2.20. The van der Waals surface area contributed by atoms with E-state index in [0.717, 1.165) is 16.1 Å². The Morgan fingerprint density at radius 1 is 1.00 bits per heavy atom. The number of amides is 1. The minimum absolute atomic E-state index is 0.0673. The van der Waals surface area contributed by atoms with Gasteiger partial charge >= 0.3 is 0 Å². The van der Waals surface area contributed by atoms with Crippen molar-refractivity contribution in [3.8, 4) is 16.9 Å². The second-order valence-corrected chi connectivity index (χ2v) is 7.99. The Morgan fingerprint density at radius 2 is 1.75 bits per heavy atom. The van der Waals surface area contributed by atoms with Crippen LogP contribution in [0.2, 0.25) is 0 Å². The summed E-state index contributed by atoms with van der Waals surface area (Å²) < 4.78 is 5.79. The number of para-hydroxylation sites is 1. The van der Waals surface area contributed by atoms with E-state index in [-0.39, 0.29) is 12.5 Å². The standard InChI is InChI=1S/C22H23N3O2S/c26-20(23-22-25-24-21(28-22)17-11-5-2-6-12-17)15-27-19-14-8-7-13-18(19)16-9-3-1-4-10-16/h1,3-4,7-10,13-14,17H,2,5-6,11-12,15H2,(H,23,25,26). The molecule has 1 heterocycles. The van der Waals surface area contributed by atoms with Gasteiger partial charge in [0.2, 0.25) is 5.13 Å². The van der Waals surface area contributed by atoms with Gasteiger partial charge in [0, 0.05) is 11.5 Å². The zero-order valence-corrected chi connectivity index (χ0v) is 16.5. The summed E-state index contributed by atoms with van der Waals surface area (Å²) in [6, 6.07) is 17.7. The Bertz CT molecular complexity index is 920. The highest BCUT2D eigenvalue weighted by molar-refractivity contribution is 7.15. The molecule has 3 aromatic rings. The molecule has 1 saturated carbocycles. The van der Waals surface area contributed by atoms with Crippen molar-refractivity contribution in [1.29, 1.82) is 0 Å². The second-order valence-electron chi connectivity index (χ2n) is 6.98. The van der Waals surface area contributed by atoms with E-state index in [1.807, 2.05) is 54.6 Å². The van der Waals surface area contributed by atoms with Gasteiger partial charge in [-0.25, -0.2) is 0 Å². The molecule has 28 heavy (non-hydrogen) atoms. The number of hydrogen-bond donors (Lipinski definition) is 1. The summed E-state index contributed by atoms with van der Waals surface area (Å²) in [6.45, 7) is -0.0673. The van der Waals surface area contributed by atoms with Crippen LogP contribution < -0.4 is 10.1 Å². The molecule has 1 fully saturated rings. The van der Waals surface area contributed by atoms with Crippen molar-refractivity contribution in [2.75, 3.05) is 11.9 Å². The number of hydrogen-bond acceptors (Lipinski definition) is 5. The highest BCUT2D eigenvalue weighted by atomic mass is 32.1. The average molecular weight is 394 g/mol. The van der Waals surface area contributed by atoms with Crippen molar-refractivity contribution in [2.24, 2.45) is 0 Å². The summed E-state index contributed by atoms with van der Waals surface area (Å²) in [4.78, 5) is 12.3. The van der Waals surface area contributed by atoms with E-state index in [1.165, 1.54) is 43.4 Å². The molecule has 0 unspecified atom stereocenters. The number of nitrogens with zero attached hydrogens (tertiary/aromatic N) is 2. The molecular formula is C22H23N3O2S. The first-order valence-electron chi connectivity index (χ1n) is 9.70. The van der Waals surface area contributed by atoms with Crippen LogP contribution in [0.5, 0.6) is 5.75 Å². The number of rotatable bonds is 6. The first-order chi connectivity index (χ1) is 13.8. The normalized spacial score (nSPS) is 14.6. The number of aromatic nitrogens is 2. The van der Waals surface area contributed by atoms with Crippen LogP contribution in [0, 0.1) is 0 Å². The van der Waals surface area contributed by atoms with Crippen molar-refractivity contribution in [3.63, 3.8) is 0 Å². The lowest BCUT2D eigenvalue weighted by atomic mass is 9.90. The quantitative estimate of drug-likeness (QED) is 0.620. The zero-order chi connectivity index (χ0) is 19.2. The van der Waals surface area contributed by atoms with E-state index in [0.29, 0.717) is 16.8 Å². The fourth-order valence-corrected chi connectivity index (χ4v) is 4.48. The average Bonchev–Trinajstić information content (AvgIpc) is 3.22. The third-order valence-corrected chi connectivity index (χ3v) is 5.97. The van der Waals surface area contributed by atoms with Crippen LogP contribution in [0.3, 0.4) is 0 Å². The first-order valence-corrected chi connectivity index (χ1v) is 10.5. The molecule has 1 aliphatic carbocycles. The SMILES string of the molecule is O=C(COc1ccccc1-c1ccccc1)Nc1nnc(C2CCCCC2)s1. The van der Waals surface area contributed by atoms with Crippen LogP contribution in [0.15, 0.2) is 54.6 Å². The molecule has 0 atom stereocenters. The lowest BCUT2D eigenvalue weighted by molar-refractivity contribution is -0.118. The fourth-order valence-electron chi connectivity index (χ4n) is 3.55. The van der Waals surface area contributed by atoms with Crippen LogP contribution in [-0.4, -0.2) is 22.7 Å². The maximum absolute atomic E-state index is 12.3. The molecular weight excluding hydrogens is 370 g/mol. The maximum atomic E-state index is 12.3. The van der Waals surface area contributed by atoms with Crippen molar-refractivity contribution < 1.29 is 9.53 Å². The number of carbonyl (C=O) groups excluding carboxylic acids is 1. The molecule has 0 radical (unpaired) electrons. The Balaban J connectivity index is 1.36.